The second-order valence-electron chi connectivity index (χ2n) is 10.3. The molecular weight excluding hydrogens is 607 g/mol. The maximum atomic E-state index is 12.8. The van der Waals surface area contributed by atoms with E-state index in [0.29, 0.717) is 28.0 Å². The van der Waals surface area contributed by atoms with Gasteiger partial charge in [0.1, 0.15) is 21.7 Å². The Hall–Kier alpha value is -3.70. The van der Waals surface area contributed by atoms with Crippen molar-refractivity contribution < 1.29 is 18.7 Å². The Morgan fingerprint density at radius 2 is 1.90 bits per heavy atom. The van der Waals surface area contributed by atoms with Gasteiger partial charge in [-0.2, -0.15) is 9.78 Å². The summed E-state index contributed by atoms with van der Waals surface area (Å²) in [7, 11) is 0. The molecular formula is C30H29IN4O4. The van der Waals surface area contributed by atoms with Gasteiger partial charge >= 0.3 is 6.09 Å². The van der Waals surface area contributed by atoms with Crippen LogP contribution in [0.2, 0.25) is 0 Å². The molecule has 0 bridgehead atoms. The van der Waals surface area contributed by atoms with E-state index in [1.165, 1.54) is 4.68 Å². The molecule has 3 heterocycles. The summed E-state index contributed by atoms with van der Waals surface area (Å²) in [4.78, 5) is 17.5. The SMILES string of the molecule is CC(C)(C)OC(=O)n1nc(I)c2cc(-c3cc(OC[C@H](N)Cc4ccccc4)cnc3-c3ccoc3)ccc21. The number of furan rings is 1. The van der Waals surface area contributed by atoms with Gasteiger partial charge in [-0.15, -0.1) is 0 Å². The van der Waals surface area contributed by atoms with Crippen LogP contribution in [0.3, 0.4) is 0 Å². The third-order valence-corrected chi connectivity index (χ3v) is 6.77. The zero-order valence-electron chi connectivity index (χ0n) is 21.9. The number of ether oxygens (including phenoxy) is 2. The predicted octanol–water partition coefficient (Wildman–Crippen LogP) is 6.69. The Morgan fingerprint density at radius 3 is 2.62 bits per heavy atom. The van der Waals surface area contributed by atoms with Crippen LogP contribution in [0.25, 0.3) is 33.3 Å². The van der Waals surface area contributed by atoms with Crippen molar-refractivity contribution in [1.29, 1.82) is 0 Å². The van der Waals surface area contributed by atoms with Crippen molar-refractivity contribution in [1.82, 2.24) is 14.8 Å². The first kappa shape index (κ1) is 26.9. The van der Waals surface area contributed by atoms with E-state index in [1.54, 1.807) is 18.7 Å². The van der Waals surface area contributed by atoms with Gasteiger partial charge in [-0.25, -0.2) is 4.79 Å². The summed E-state index contributed by atoms with van der Waals surface area (Å²) in [6.07, 6.45) is 5.16. The van der Waals surface area contributed by atoms with E-state index < -0.39 is 11.7 Å². The van der Waals surface area contributed by atoms with Gasteiger partial charge in [0.15, 0.2) is 0 Å². The fourth-order valence-corrected chi connectivity index (χ4v) is 4.89. The first-order chi connectivity index (χ1) is 18.7. The number of hydrogen-bond donors (Lipinski definition) is 1. The molecule has 0 amide bonds. The van der Waals surface area contributed by atoms with E-state index in [-0.39, 0.29) is 6.04 Å². The van der Waals surface area contributed by atoms with E-state index in [1.807, 2.05) is 69.3 Å². The molecule has 2 aromatic carbocycles. The molecule has 9 heteroatoms. The fraction of sp³-hybridized carbons (Fsp3) is 0.233. The van der Waals surface area contributed by atoms with Crippen molar-refractivity contribution >= 4 is 39.6 Å². The summed E-state index contributed by atoms with van der Waals surface area (Å²) >= 11 is 2.13. The Bertz CT molecular complexity index is 1590. The average molecular weight is 636 g/mol. The minimum Gasteiger partial charge on any atom is -0.490 e. The second-order valence-corrected chi connectivity index (χ2v) is 11.3. The number of fused-ring (bicyclic) bond motifs is 1. The number of halogens is 1. The number of pyridine rings is 1. The Kier molecular flexibility index (Phi) is 7.72. The van der Waals surface area contributed by atoms with Crippen LogP contribution in [0.1, 0.15) is 26.3 Å². The zero-order valence-corrected chi connectivity index (χ0v) is 24.1. The van der Waals surface area contributed by atoms with Crippen molar-refractivity contribution in [3.8, 4) is 28.1 Å². The quantitative estimate of drug-likeness (QED) is 0.198. The van der Waals surface area contributed by atoms with Crippen LogP contribution < -0.4 is 10.5 Å². The normalized spacial score (nSPS) is 12.4. The van der Waals surface area contributed by atoms with Gasteiger partial charge in [0.25, 0.3) is 0 Å². The molecule has 2 N–H and O–H groups in total. The van der Waals surface area contributed by atoms with Gasteiger partial charge in [0.05, 0.1) is 29.9 Å². The van der Waals surface area contributed by atoms with Crippen LogP contribution in [0.5, 0.6) is 5.75 Å². The summed E-state index contributed by atoms with van der Waals surface area (Å²) < 4.78 is 18.9. The van der Waals surface area contributed by atoms with E-state index >= 15 is 0 Å². The monoisotopic (exact) mass is 636 g/mol. The Balaban J connectivity index is 1.46. The molecule has 5 rings (SSSR count). The summed E-state index contributed by atoms with van der Waals surface area (Å²) in [6.45, 7) is 5.83. The number of benzene rings is 2. The molecule has 8 nitrogen and oxygen atoms in total. The molecule has 0 aliphatic heterocycles. The summed E-state index contributed by atoms with van der Waals surface area (Å²) in [6, 6.07) is 19.6. The predicted molar refractivity (Wildman–Crippen MR) is 159 cm³/mol. The number of nitrogens with zero attached hydrogens (tertiary/aromatic N) is 3. The van der Waals surface area contributed by atoms with Gasteiger partial charge in [0, 0.05) is 22.6 Å². The maximum Gasteiger partial charge on any atom is 0.435 e. The number of carbonyl (C=O) groups excluding carboxylic acids is 1. The van der Waals surface area contributed by atoms with Gasteiger partial charge < -0.3 is 19.6 Å². The van der Waals surface area contributed by atoms with Crippen molar-refractivity contribution in [2.75, 3.05) is 6.61 Å². The lowest BCUT2D eigenvalue weighted by Crippen LogP contribution is -2.30. The van der Waals surface area contributed by atoms with Crippen molar-refractivity contribution in [2.24, 2.45) is 5.73 Å². The first-order valence-electron chi connectivity index (χ1n) is 12.5. The van der Waals surface area contributed by atoms with E-state index in [9.17, 15) is 4.79 Å². The molecule has 200 valence electrons. The fourth-order valence-electron chi connectivity index (χ4n) is 4.25. The molecule has 5 aromatic rings. The highest BCUT2D eigenvalue weighted by Gasteiger charge is 2.22. The minimum atomic E-state index is -0.629. The smallest absolute Gasteiger partial charge is 0.435 e. The van der Waals surface area contributed by atoms with Crippen LogP contribution >= 0.6 is 22.6 Å². The highest BCUT2D eigenvalue weighted by molar-refractivity contribution is 14.1. The van der Waals surface area contributed by atoms with Crippen LogP contribution in [0.4, 0.5) is 4.79 Å². The summed E-state index contributed by atoms with van der Waals surface area (Å²) in [5, 5.41) is 5.27. The lowest BCUT2D eigenvalue weighted by Gasteiger charge is -2.19. The molecule has 3 aromatic heterocycles. The van der Waals surface area contributed by atoms with Gasteiger partial charge in [-0.05, 0) is 85.2 Å². The third kappa shape index (κ3) is 6.31. The average Bonchev–Trinajstić information content (AvgIpc) is 3.55. The van der Waals surface area contributed by atoms with Crippen LogP contribution in [-0.4, -0.2) is 39.1 Å². The van der Waals surface area contributed by atoms with Crippen LogP contribution in [-0.2, 0) is 11.2 Å². The molecule has 0 aliphatic carbocycles. The van der Waals surface area contributed by atoms with Gasteiger partial charge in [-0.1, -0.05) is 36.4 Å². The lowest BCUT2D eigenvalue weighted by atomic mass is 9.99. The lowest BCUT2D eigenvalue weighted by molar-refractivity contribution is 0.0522. The Labute approximate surface area is 240 Å². The Morgan fingerprint density at radius 1 is 1.10 bits per heavy atom. The molecule has 0 aliphatic rings. The largest absolute Gasteiger partial charge is 0.490 e. The molecule has 0 radical (unpaired) electrons. The molecule has 0 saturated carbocycles. The minimum absolute atomic E-state index is 0.166. The molecule has 0 fully saturated rings. The van der Waals surface area contributed by atoms with Crippen LogP contribution in [0, 0.1) is 3.70 Å². The van der Waals surface area contributed by atoms with Gasteiger partial charge in [-0.3, -0.25) is 4.98 Å². The van der Waals surface area contributed by atoms with Crippen molar-refractivity contribution in [3.05, 3.63) is 88.7 Å². The van der Waals surface area contributed by atoms with Crippen molar-refractivity contribution in [3.63, 3.8) is 0 Å². The number of carbonyl (C=O) groups is 1. The van der Waals surface area contributed by atoms with E-state index in [2.05, 4.69) is 39.8 Å². The number of nitrogens with two attached hydrogens (primary N) is 1. The number of hydrogen-bond acceptors (Lipinski definition) is 7. The molecule has 0 saturated heterocycles. The van der Waals surface area contributed by atoms with E-state index in [0.717, 1.165) is 33.3 Å². The highest BCUT2D eigenvalue weighted by atomic mass is 127. The highest BCUT2D eigenvalue weighted by Crippen LogP contribution is 2.36. The number of aromatic nitrogens is 3. The van der Waals surface area contributed by atoms with Gasteiger partial charge in [0.2, 0.25) is 0 Å². The standard InChI is InChI=1S/C30H29IN4O4/c1-30(2,3)39-29(36)35-26-10-9-20(14-25(26)28(31)34-35)24-15-23(16-33-27(24)21-11-12-37-17-21)38-18-22(32)13-19-7-5-4-6-8-19/h4-12,14-17,22H,13,18,32H2,1-3H3/t22-/m1/s1. The second kappa shape index (κ2) is 11.2. The summed E-state index contributed by atoms with van der Waals surface area (Å²) in [5.41, 5.74) is 10.9. The molecule has 1 atom stereocenters. The van der Waals surface area contributed by atoms with Crippen molar-refractivity contribution in [2.45, 2.75) is 38.8 Å². The zero-order chi connectivity index (χ0) is 27.6. The first-order valence-corrected chi connectivity index (χ1v) is 13.6. The molecule has 0 unspecified atom stereocenters. The summed E-state index contributed by atoms with van der Waals surface area (Å²) in [5.74, 6) is 0.611. The topological polar surface area (TPSA) is 105 Å². The van der Waals surface area contributed by atoms with Crippen LogP contribution in [0.15, 0.2) is 83.8 Å². The number of rotatable bonds is 7. The third-order valence-electron chi connectivity index (χ3n) is 5.97. The molecule has 0 spiro atoms. The maximum absolute atomic E-state index is 12.8. The molecule has 39 heavy (non-hydrogen) atoms. The van der Waals surface area contributed by atoms with E-state index in [4.69, 9.17) is 24.6 Å².